The molecule has 8 nitrogen and oxygen atoms in total. The van der Waals surface area contributed by atoms with Gasteiger partial charge in [0, 0.05) is 41.1 Å². The van der Waals surface area contributed by atoms with Crippen molar-refractivity contribution in [1.29, 1.82) is 0 Å². The van der Waals surface area contributed by atoms with Crippen LogP contribution in [0.5, 0.6) is 0 Å². The van der Waals surface area contributed by atoms with E-state index in [9.17, 15) is 13.2 Å². The minimum Gasteiger partial charge on any atom is -0.373 e. The molecule has 0 spiro atoms. The molecule has 2 heterocycles. The molecule has 1 N–H and O–H groups in total. The van der Waals surface area contributed by atoms with Crippen LogP contribution in [-0.2, 0) is 21.4 Å². The Kier molecular flexibility index (Phi) is 6.80. The number of fused-ring (bicyclic) bond motifs is 2. The molecule has 216 valence electrons. The van der Waals surface area contributed by atoms with E-state index in [2.05, 4.69) is 9.88 Å². The maximum Gasteiger partial charge on any atom is 0.264 e. The first-order valence-electron chi connectivity index (χ1n) is 13.9. The van der Waals surface area contributed by atoms with E-state index in [0.29, 0.717) is 58.9 Å². The molecule has 2 bridgehead atoms. The molecular weight excluding hydrogens is 592 g/mol. The highest BCUT2D eigenvalue weighted by molar-refractivity contribution is 7.91. The molecule has 0 radical (unpaired) electrons. The summed E-state index contributed by atoms with van der Waals surface area (Å²) in [6, 6.07) is 9.58. The van der Waals surface area contributed by atoms with Crippen LogP contribution in [0, 0.1) is 11.7 Å². The van der Waals surface area contributed by atoms with Gasteiger partial charge in [0.05, 0.1) is 33.7 Å². The maximum absolute atomic E-state index is 15.2. The minimum absolute atomic E-state index is 0.00601. The smallest absolute Gasteiger partial charge is 0.264 e. The van der Waals surface area contributed by atoms with Gasteiger partial charge in [-0.25, -0.2) is 17.5 Å². The first-order chi connectivity index (χ1) is 19.7. The zero-order valence-electron chi connectivity index (χ0n) is 22.0. The third kappa shape index (κ3) is 5.13. The average Bonchev–Trinajstić information content (AvgIpc) is 3.86. The zero-order valence-corrected chi connectivity index (χ0v) is 24.3. The second-order valence-corrected chi connectivity index (χ2v) is 14.2. The summed E-state index contributed by atoms with van der Waals surface area (Å²) in [7, 11) is -3.70. The molecule has 1 unspecified atom stereocenters. The lowest BCUT2D eigenvalue weighted by molar-refractivity contribution is 0.0122. The normalized spacial score (nSPS) is 23.8. The van der Waals surface area contributed by atoms with Gasteiger partial charge < -0.3 is 14.2 Å². The number of hydrogen-bond donors (Lipinski definition) is 1. The topological polar surface area (TPSA) is 102 Å². The Balaban J connectivity index is 1.03. The van der Waals surface area contributed by atoms with E-state index >= 15 is 4.39 Å². The molecule has 3 aliphatic carbocycles. The summed E-state index contributed by atoms with van der Waals surface area (Å²) in [6.45, 7) is 0.943. The van der Waals surface area contributed by atoms with Gasteiger partial charge in [-0.05, 0) is 68.9 Å². The molecule has 3 atom stereocenters. The van der Waals surface area contributed by atoms with Gasteiger partial charge in [-0.2, -0.15) is 0 Å². The lowest BCUT2D eigenvalue weighted by Crippen LogP contribution is -2.39. The molecule has 4 fully saturated rings. The number of carbonyl (C=O) groups excluding carboxylic acids is 1. The number of piperidine rings is 1. The number of halogens is 3. The molecule has 3 saturated carbocycles. The van der Waals surface area contributed by atoms with Gasteiger partial charge in [-0.1, -0.05) is 34.4 Å². The number of amides is 1. The van der Waals surface area contributed by atoms with Gasteiger partial charge in [0.2, 0.25) is 10.0 Å². The Morgan fingerprint density at radius 3 is 2.51 bits per heavy atom. The molecule has 7 rings (SSSR count). The number of benzene rings is 2. The molecular formula is C29H28Cl2FN3O5S. The Hall–Kier alpha value is -2.66. The van der Waals surface area contributed by atoms with E-state index in [4.69, 9.17) is 32.5 Å². The summed E-state index contributed by atoms with van der Waals surface area (Å²) in [5.74, 6) is 0.00910. The standard InChI is InChI=1S/C29H28Cl2FN3O5S/c30-21-2-1-3-22(31)26(21)27-20(28(40-33-27)15-4-5-15)14-39-25-12-18-10-17(25)13-35(18)24-9-6-16(11-23(24)32)29(36)34-41(37,38)19-7-8-19/h1-3,6,9,11,15,17-19,25H,4-5,7-8,10,12-14H2,(H,34,36)/t17-,18-,25?/m0/s1. The fourth-order valence-electron chi connectivity index (χ4n) is 6.18. The summed E-state index contributed by atoms with van der Waals surface area (Å²) in [5.41, 5.74) is 2.52. The number of nitrogens with zero attached hydrogens (tertiary/aromatic N) is 2. The van der Waals surface area contributed by atoms with Crippen molar-refractivity contribution in [2.45, 2.75) is 68.4 Å². The second kappa shape index (κ2) is 10.3. The maximum atomic E-state index is 15.2. The van der Waals surface area contributed by atoms with Crippen LogP contribution in [0.4, 0.5) is 10.1 Å². The van der Waals surface area contributed by atoms with Crippen LogP contribution < -0.4 is 9.62 Å². The number of aromatic nitrogens is 1. The third-order valence-electron chi connectivity index (χ3n) is 8.60. The Bertz CT molecular complexity index is 1620. The van der Waals surface area contributed by atoms with Crippen LogP contribution in [-0.4, -0.2) is 43.4 Å². The molecule has 1 aliphatic heterocycles. The van der Waals surface area contributed by atoms with E-state index in [-0.39, 0.29) is 23.6 Å². The first-order valence-corrected chi connectivity index (χ1v) is 16.2. The number of nitrogens with one attached hydrogen (secondary N) is 1. The average molecular weight is 621 g/mol. The SMILES string of the molecule is O=C(NS(=O)(=O)C1CC1)c1ccc(N2C[C@@H]3C[C@H]2CC3OCc2c(-c3c(Cl)cccc3Cl)noc2C2CC2)c(F)c1. The van der Waals surface area contributed by atoms with Crippen LogP contribution in [0.2, 0.25) is 10.0 Å². The first kappa shape index (κ1) is 27.2. The third-order valence-corrected chi connectivity index (χ3v) is 11.1. The van der Waals surface area contributed by atoms with Gasteiger partial charge in [0.1, 0.15) is 17.3 Å². The summed E-state index contributed by atoms with van der Waals surface area (Å²) in [6.07, 6.45) is 4.76. The van der Waals surface area contributed by atoms with Gasteiger partial charge in [-0.3, -0.25) is 4.79 Å². The van der Waals surface area contributed by atoms with Crippen LogP contribution in [0.15, 0.2) is 40.9 Å². The number of sulfonamides is 1. The predicted octanol–water partition coefficient (Wildman–Crippen LogP) is 6.07. The van der Waals surface area contributed by atoms with Crippen LogP contribution in [0.1, 0.15) is 66.1 Å². The number of anilines is 1. The predicted molar refractivity (Wildman–Crippen MR) is 152 cm³/mol. The van der Waals surface area contributed by atoms with E-state index in [0.717, 1.165) is 43.1 Å². The largest absolute Gasteiger partial charge is 0.373 e. The quantitative estimate of drug-likeness (QED) is 0.310. The minimum atomic E-state index is -3.70. The molecule has 1 saturated heterocycles. The number of rotatable bonds is 9. The molecule has 3 aromatic rings. The fraction of sp³-hybridized carbons (Fsp3) is 0.448. The Labute approximate surface area is 247 Å². The molecule has 1 amide bonds. The van der Waals surface area contributed by atoms with Crippen molar-refractivity contribution in [1.82, 2.24) is 9.88 Å². The van der Waals surface area contributed by atoms with Gasteiger partial charge in [0.25, 0.3) is 5.91 Å². The van der Waals surface area contributed by atoms with Crippen molar-refractivity contribution in [3.05, 3.63) is 69.1 Å². The lowest BCUT2D eigenvalue weighted by Gasteiger charge is -2.33. The zero-order chi connectivity index (χ0) is 28.5. The number of hydrogen-bond acceptors (Lipinski definition) is 7. The summed E-state index contributed by atoms with van der Waals surface area (Å²) in [5, 5.41) is 4.81. The van der Waals surface area contributed by atoms with E-state index in [1.807, 2.05) is 4.90 Å². The van der Waals surface area contributed by atoms with Crippen molar-refractivity contribution in [3.8, 4) is 11.3 Å². The van der Waals surface area contributed by atoms with Gasteiger partial charge in [0.15, 0.2) is 0 Å². The molecule has 2 aromatic carbocycles. The van der Waals surface area contributed by atoms with E-state index in [1.165, 1.54) is 6.07 Å². The molecule has 12 heteroatoms. The monoisotopic (exact) mass is 619 g/mol. The number of ether oxygens (including phenoxy) is 1. The van der Waals surface area contributed by atoms with Crippen LogP contribution in [0.3, 0.4) is 0 Å². The summed E-state index contributed by atoms with van der Waals surface area (Å²) >= 11 is 13.0. The Morgan fingerprint density at radius 1 is 1.12 bits per heavy atom. The highest BCUT2D eigenvalue weighted by atomic mass is 35.5. The van der Waals surface area contributed by atoms with E-state index < -0.39 is 27.0 Å². The van der Waals surface area contributed by atoms with E-state index in [1.54, 1.807) is 24.3 Å². The second-order valence-electron chi connectivity index (χ2n) is 11.5. The molecule has 4 aliphatic rings. The Morgan fingerprint density at radius 2 is 1.88 bits per heavy atom. The van der Waals surface area contributed by atoms with Crippen molar-refractivity contribution in [2.24, 2.45) is 5.92 Å². The highest BCUT2D eigenvalue weighted by Crippen LogP contribution is 2.47. The fourth-order valence-corrected chi connectivity index (χ4v) is 8.05. The van der Waals surface area contributed by atoms with Gasteiger partial charge in [-0.15, -0.1) is 0 Å². The summed E-state index contributed by atoms with van der Waals surface area (Å²) in [4.78, 5) is 14.4. The summed E-state index contributed by atoms with van der Waals surface area (Å²) < 4.78 is 53.6. The lowest BCUT2D eigenvalue weighted by atomic mass is 10.0. The van der Waals surface area contributed by atoms with Crippen molar-refractivity contribution < 1.29 is 26.9 Å². The van der Waals surface area contributed by atoms with Crippen molar-refractivity contribution >= 4 is 44.8 Å². The van der Waals surface area contributed by atoms with Gasteiger partial charge >= 0.3 is 0 Å². The molecule has 41 heavy (non-hydrogen) atoms. The highest BCUT2D eigenvalue weighted by Gasteiger charge is 2.46. The van der Waals surface area contributed by atoms with Crippen molar-refractivity contribution in [2.75, 3.05) is 11.4 Å². The van der Waals surface area contributed by atoms with Crippen molar-refractivity contribution in [3.63, 3.8) is 0 Å². The number of carbonyl (C=O) groups is 1. The van der Waals surface area contributed by atoms with Crippen LogP contribution >= 0.6 is 23.2 Å². The van der Waals surface area contributed by atoms with Crippen LogP contribution in [0.25, 0.3) is 11.3 Å². The molecule has 1 aromatic heterocycles.